The number of anilines is 2. The summed E-state index contributed by atoms with van der Waals surface area (Å²) in [6.45, 7) is 7.49. The van der Waals surface area contributed by atoms with Crippen molar-refractivity contribution >= 4 is 20.3 Å². The molecular weight excluding hydrogens is 306 g/mol. The van der Waals surface area contributed by atoms with E-state index in [1.807, 2.05) is 81.4 Å². The summed E-state index contributed by atoms with van der Waals surface area (Å²) >= 11 is 0. The summed E-state index contributed by atoms with van der Waals surface area (Å²) in [6, 6.07) is 20.2. The molecule has 0 heterocycles. The highest BCUT2D eigenvalue weighted by atomic mass is 28.4. The van der Waals surface area contributed by atoms with Crippen molar-refractivity contribution in [2.45, 2.75) is 20.8 Å². The Bertz CT molecular complexity index is 508. The predicted octanol–water partition coefficient (Wildman–Crippen LogP) is 4.37. The number of hydrogen-bond donors (Lipinski definition) is 0. The Labute approximate surface area is 140 Å². The van der Waals surface area contributed by atoms with Gasteiger partial charge in [-0.1, -0.05) is 36.4 Å². The highest BCUT2D eigenvalue weighted by molar-refractivity contribution is 6.66. The fourth-order valence-electron chi connectivity index (χ4n) is 2.49. The van der Waals surface area contributed by atoms with Crippen molar-refractivity contribution < 1.29 is 13.3 Å². The van der Waals surface area contributed by atoms with Gasteiger partial charge in [-0.2, -0.15) is 0 Å². The van der Waals surface area contributed by atoms with E-state index in [-0.39, 0.29) is 0 Å². The molecule has 2 aromatic rings. The van der Waals surface area contributed by atoms with Crippen molar-refractivity contribution in [2.24, 2.45) is 0 Å². The molecule has 23 heavy (non-hydrogen) atoms. The molecule has 0 radical (unpaired) electrons. The quantitative estimate of drug-likeness (QED) is 0.639. The lowest BCUT2D eigenvalue weighted by molar-refractivity contribution is 0.0722. The molecule has 0 saturated carbocycles. The Morgan fingerprint density at radius 1 is 0.652 bits per heavy atom. The van der Waals surface area contributed by atoms with Crippen LogP contribution in [0.5, 0.6) is 0 Å². The molecule has 0 aromatic heterocycles. The van der Waals surface area contributed by atoms with Crippen LogP contribution in [-0.4, -0.2) is 28.8 Å². The van der Waals surface area contributed by atoms with Crippen molar-refractivity contribution in [3.63, 3.8) is 0 Å². The van der Waals surface area contributed by atoms with Crippen molar-refractivity contribution in [2.75, 3.05) is 24.4 Å². The molecule has 0 amide bonds. The molecule has 2 rings (SSSR count). The third-order valence-corrected chi connectivity index (χ3v) is 6.31. The Morgan fingerprint density at radius 3 is 1.30 bits per heavy atom. The van der Waals surface area contributed by atoms with E-state index in [1.54, 1.807) is 0 Å². The van der Waals surface area contributed by atoms with Crippen molar-refractivity contribution in [1.29, 1.82) is 0 Å². The van der Waals surface area contributed by atoms with Gasteiger partial charge >= 0.3 is 8.97 Å². The van der Waals surface area contributed by atoms with Crippen LogP contribution >= 0.6 is 0 Å². The van der Waals surface area contributed by atoms with Gasteiger partial charge in [0.2, 0.25) is 0 Å². The Balaban J connectivity index is 2.56. The lowest BCUT2D eigenvalue weighted by atomic mass is 10.3. The molecule has 0 fully saturated rings. The maximum Gasteiger partial charge on any atom is 0.638 e. The maximum absolute atomic E-state index is 6.10. The molecule has 0 bridgehead atoms. The van der Waals surface area contributed by atoms with E-state index in [0.717, 1.165) is 11.4 Å². The lowest BCUT2D eigenvalue weighted by Crippen LogP contribution is -2.59. The molecule has 0 spiro atoms. The van der Waals surface area contributed by atoms with Crippen molar-refractivity contribution in [3.8, 4) is 0 Å². The summed E-state index contributed by atoms with van der Waals surface area (Å²) in [5, 5.41) is 0. The van der Waals surface area contributed by atoms with Gasteiger partial charge in [0.05, 0.1) is 0 Å². The van der Waals surface area contributed by atoms with E-state index in [4.69, 9.17) is 13.3 Å². The van der Waals surface area contributed by atoms with E-state index in [2.05, 4.69) is 4.57 Å². The summed E-state index contributed by atoms with van der Waals surface area (Å²) < 4.78 is 20.4. The van der Waals surface area contributed by atoms with Gasteiger partial charge in [-0.15, -0.1) is 0 Å². The number of hydrogen-bond acceptors (Lipinski definition) is 4. The summed E-state index contributed by atoms with van der Waals surface area (Å²) in [4.78, 5) is 0. The summed E-state index contributed by atoms with van der Waals surface area (Å²) in [5.74, 6) is 0. The van der Waals surface area contributed by atoms with Crippen LogP contribution in [0.2, 0.25) is 0 Å². The van der Waals surface area contributed by atoms with E-state index >= 15 is 0 Å². The number of para-hydroxylation sites is 2. The van der Waals surface area contributed by atoms with Gasteiger partial charge < -0.3 is 13.3 Å². The minimum absolute atomic E-state index is 0.530. The van der Waals surface area contributed by atoms with Crippen LogP contribution in [0.15, 0.2) is 60.7 Å². The number of benzene rings is 2. The fourth-order valence-corrected chi connectivity index (χ4v) is 5.15. The van der Waals surface area contributed by atoms with E-state index in [9.17, 15) is 0 Å². The molecule has 0 unspecified atom stereocenters. The average Bonchev–Trinajstić information content (AvgIpc) is 2.58. The Kier molecular flexibility index (Phi) is 6.79. The third-order valence-electron chi connectivity index (χ3n) is 3.28. The van der Waals surface area contributed by atoms with Gasteiger partial charge in [0, 0.05) is 31.2 Å². The van der Waals surface area contributed by atoms with Crippen LogP contribution in [0.3, 0.4) is 0 Å². The predicted molar refractivity (Wildman–Crippen MR) is 95.7 cm³/mol. The minimum Gasteiger partial charge on any atom is -0.357 e. The van der Waals surface area contributed by atoms with E-state index in [0.29, 0.717) is 19.8 Å². The van der Waals surface area contributed by atoms with Crippen molar-refractivity contribution in [3.05, 3.63) is 60.7 Å². The van der Waals surface area contributed by atoms with Crippen LogP contribution in [0.1, 0.15) is 20.8 Å². The van der Waals surface area contributed by atoms with Crippen molar-refractivity contribution in [1.82, 2.24) is 0 Å². The molecule has 0 atom stereocenters. The van der Waals surface area contributed by atoms with E-state index in [1.165, 1.54) is 0 Å². The second-order valence-electron chi connectivity index (χ2n) is 4.83. The molecule has 2 aromatic carbocycles. The maximum atomic E-state index is 6.10. The van der Waals surface area contributed by atoms with Gasteiger partial charge in [-0.25, -0.2) is 0 Å². The normalized spacial score (nSPS) is 11.4. The highest BCUT2D eigenvalue weighted by Gasteiger charge is 2.50. The zero-order valence-corrected chi connectivity index (χ0v) is 15.1. The number of nitrogens with zero attached hydrogens (tertiary/aromatic N) is 1. The molecule has 0 aliphatic heterocycles. The Morgan fingerprint density at radius 2 is 1.00 bits per heavy atom. The fraction of sp³-hybridized carbons (Fsp3) is 0.333. The minimum atomic E-state index is -3.07. The summed E-state index contributed by atoms with van der Waals surface area (Å²) in [6.07, 6.45) is 0. The first kappa shape index (κ1) is 17.7. The second kappa shape index (κ2) is 8.84. The lowest BCUT2D eigenvalue weighted by Gasteiger charge is -2.38. The summed E-state index contributed by atoms with van der Waals surface area (Å²) in [5.41, 5.74) is 2.00. The zero-order chi connectivity index (χ0) is 16.5. The molecule has 124 valence electrons. The third kappa shape index (κ3) is 4.20. The Hall–Kier alpha value is -1.66. The molecular formula is C18H25NO3Si. The molecule has 0 saturated heterocycles. The SMILES string of the molecule is CCO[Si](OCC)(OCC)N(c1ccccc1)c1ccccc1. The van der Waals surface area contributed by atoms with Crippen LogP contribution in [-0.2, 0) is 13.3 Å². The first-order chi connectivity index (χ1) is 11.3. The zero-order valence-electron chi connectivity index (χ0n) is 14.1. The van der Waals surface area contributed by atoms with Crippen LogP contribution in [0.4, 0.5) is 11.4 Å². The van der Waals surface area contributed by atoms with Gasteiger partial charge in [0.15, 0.2) is 0 Å². The molecule has 4 nitrogen and oxygen atoms in total. The topological polar surface area (TPSA) is 30.9 Å². The van der Waals surface area contributed by atoms with Crippen LogP contribution < -0.4 is 4.57 Å². The summed E-state index contributed by atoms with van der Waals surface area (Å²) in [7, 11) is -3.07. The molecule has 0 aliphatic rings. The smallest absolute Gasteiger partial charge is 0.357 e. The van der Waals surface area contributed by atoms with E-state index < -0.39 is 8.97 Å². The van der Waals surface area contributed by atoms with Crippen LogP contribution in [0.25, 0.3) is 0 Å². The second-order valence-corrected chi connectivity index (χ2v) is 7.19. The largest absolute Gasteiger partial charge is 0.638 e. The standard InChI is InChI=1S/C18H25NO3Si/c1-4-20-23(21-5-2,22-6-3)19(17-13-9-7-10-14-17)18-15-11-8-12-16-18/h7-16H,4-6H2,1-3H3. The molecule has 5 heteroatoms. The molecule has 0 N–H and O–H groups in total. The first-order valence-electron chi connectivity index (χ1n) is 8.09. The van der Waals surface area contributed by atoms with Gasteiger partial charge in [-0.05, 0) is 45.0 Å². The average molecular weight is 331 g/mol. The van der Waals surface area contributed by atoms with Gasteiger partial charge in [0.1, 0.15) is 0 Å². The highest BCUT2D eigenvalue weighted by Crippen LogP contribution is 2.33. The van der Waals surface area contributed by atoms with Gasteiger partial charge in [0.25, 0.3) is 0 Å². The monoisotopic (exact) mass is 331 g/mol. The molecule has 0 aliphatic carbocycles. The first-order valence-corrected chi connectivity index (χ1v) is 9.76. The van der Waals surface area contributed by atoms with Gasteiger partial charge in [-0.3, -0.25) is 4.57 Å². The number of rotatable bonds is 9. The van der Waals surface area contributed by atoms with Crippen LogP contribution in [0, 0.1) is 0 Å².